The summed E-state index contributed by atoms with van der Waals surface area (Å²) >= 11 is 11.4. The Bertz CT molecular complexity index is 147. The molecule has 0 bridgehead atoms. The van der Waals surface area contributed by atoms with Crippen molar-refractivity contribution in [3.8, 4) is 0 Å². The van der Waals surface area contributed by atoms with Gasteiger partial charge in [-0.15, -0.1) is 23.2 Å². The summed E-state index contributed by atoms with van der Waals surface area (Å²) in [7, 11) is 0. The molecule has 1 saturated carbocycles. The van der Waals surface area contributed by atoms with Gasteiger partial charge in [-0.25, -0.2) is 4.39 Å². The Hall–Kier alpha value is 0.250. The molecule has 0 radical (unpaired) electrons. The zero-order valence-electron chi connectivity index (χ0n) is 5.49. The van der Waals surface area contributed by atoms with Crippen LogP contribution in [0.25, 0.3) is 0 Å². The molecule has 0 aromatic rings. The molecule has 0 nitrogen and oxygen atoms in total. The molecule has 0 N–H and O–H groups in total. The van der Waals surface area contributed by atoms with Crippen LogP contribution in [0.4, 0.5) is 4.39 Å². The van der Waals surface area contributed by atoms with E-state index in [-0.39, 0.29) is 5.38 Å². The maximum Gasteiger partial charge on any atom is 0.118 e. The van der Waals surface area contributed by atoms with Gasteiger partial charge in [0, 0.05) is 0 Å². The summed E-state index contributed by atoms with van der Waals surface area (Å²) in [4.78, 5) is 0. The number of allylic oxidation sites excluding steroid dienone is 1. The van der Waals surface area contributed by atoms with E-state index in [0.717, 1.165) is 5.57 Å². The molecule has 1 rings (SSSR count). The van der Waals surface area contributed by atoms with Gasteiger partial charge in [0.05, 0.1) is 10.8 Å². The molecule has 1 aliphatic carbocycles. The lowest BCUT2D eigenvalue weighted by Gasteiger charge is -2.27. The molecule has 0 aliphatic heterocycles. The predicted octanol–water partition coefficient (Wildman–Crippen LogP) is 2.89. The molecule has 0 aromatic carbocycles. The second-order valence-electron chi connectivity index (χ2n) is 2.56. The van der Waals surface area contributed by atoms with Gasteiger partial charge in [-0.3, -0.25) is 0 Å². The largest absolute Gasteiger partial charge is 0.246 e. The van der Waals surface area contributed by atoms with Gasteiger partial charge in [0.2, 0.25) is 0 Å². The Kier molecular flexibility index (Phi) is 2.59. The van der Waals surface area contributed by atoms with Crippen molar-refractivity contribution in [2.24, 2.45) is 0 Å². The quantitative estimate of drug-likeness (QED) is 0.400. The molecule has 0 amide bonds. The third kappa shape index (κ3) is 1.46. The second kappa shape index (κ2) is 3.10. The van der Waals surface area contributed by atoms with E-state index >= 15 is 0 Å². The van der Waals surface area contributed by atoms with E-state index in [9.17, 15) is 4.39 Å². The predicted molar refractivity (Wildman–Crippen MR) is 42.6 cm³/mol. The number of hydrogen-bond donors (Lipinski definition) is 0. The fourth-order valence-electron chi connectivity index (χ4n) is 1.03. The van der Waals surface area contributed by atoms with Gasteiger partial charge in [-0.05, 0) is 12.8 Å². The van der Waals surface area contributed by atoms with Gasteiger partial charge < -0.3 is 0 Å². The molecule has 0 heterocycles. The van der Waals surface area contributed by atoms with E-state index in [1.165, 1.54) is 0 Å². The van der Waals surface area contributed by atoms with E-state index < -0.39 is 11.5 Å². The number of alkyl halides is 3. The minimum Gasteiger partial charge on any atom is -0.246 e. The monoisotopic (exact) mass is 182 g/mol. The molecular formula is C7H9Cl2F. The van der Waals surface area contributed by atoms with Crippen LogP contribution >= 0.6 is 23.2 Å². The molecule has 3 unspecified atom stereocenters. The first kappa shape index (κ1) is 8.35. The van der Waals surface area contributed by atoms with Crippen LogP contribution < -0.4 is 0 Å². The first-order valence-electron chi connectivity index (χ1n) is 3.23. The summed E-state index contributed by atoms with van der Waals surface area (Å²) in [6, 6.07) is 0. The molecular weight excluding hydrogens is 174 g/mol. The fourth-order valence-corrected chi connectivity index (χ4v) is 1.60. The van der Waals surface area contributed by atoms with Crippen LogP contribution in [-0.2, 0) is 0 Å². The summed E-state index contributed by atoms with van der Waals surface area (Å²) in [6.45, 7) is 3.70. The minimum absolute atomic E-state index is 0.384. The van der Waals surface area contributed by atoms with Gasteiger partial charge in [0.15, 0.2) is 0 Å². The first-order valence-corrected chi connectivity index (χ1v) is 4.10. The highest BCUT2D eigenvalue weighted by molar-refractivity contribution is 6.31. The topological polar surface area (TPSA) is 0 Å². The molecule has 0 saturated heterocycles. The van der Waals surface area contributed by atoms with Crippen LogP contribution in [0, 0.1) is 0 Å². The summed E-state index contributed by atoms with van der Waals surface area (Å²) in [6.07, 6.45) is 0.170. The van der Waals surface area contributed by atoms with Gasteiger partial charge >= 0.3 is 0 Å². The molecule has 3 heteroatoms. The van der Waals surface area contributed by atoms with Crippen molar-refractivity contribution < 1.29 is 4.39 Å². The van der Waals surface area contributed by atoms with E-state index in [1.807, 2.05) is 0 Å². The van der Waals surface area contributed by atoms with Crippen LogP contribution in [-0.4, -0.2) is 16.9 Å². The standard InChI is InChI=1S/C7H9Cl2F/c1-4-2-3-5(10)7(9)6(4)8/h5-7H,1-3H2. The van der Waals surface area contributed by atoms with Gasteiger partial charge in [0.1, 0.15) is 6.17 Å². The van der Waals surface area contributed by atoms with Crippen LogP contribution in [0.1, 0.15) is 12.8 Å². The highest BCUT2D eigenvalue weighted by atomic mass is 35.5. The Morgan fingerprint density at radius 2 is 2.10 bits per heavy atom. The fraction of sp³-hybridized carbons (Fsp3) is 0.714. The lowest BCUT2D eigenvalue weighted by Crippen LogP contribution is -2.32. The lowest BCUT2D eigenvalue weighted by molar-refractivity contribution is 0.284. The number of rotatable bonds is 0. The van der Waals surface area contributed by atoms with E-state index in [4.69, 9.17) is 23.2 Å². The van der Waals surface area contributed by atoms with Gasteiger partial charge in [-0.2, -0.15) is 0 Å². The van der Waals surface area contributed by atoms with Crippen molar-refractivity contribution in [2.45, 2.75) is 29.8 Å². The Morgan fingerprint density at radius 1 is 1.50 bits per heavy atom. The number of halogens is 3. The minimum atomic E-state index is -0.963. The van der Waals surface area contributed by atoms with Crippen molar-refractivity contribution in [3.05, 3.63) is 12.2 Å². The maximum atomic E-state index is 12.7. The third-order valence-corrected chi connectivity index (χ3v) is 2.99. The molecule has 0 aromatic heterocycles. The summed E-state index contributed by atoms with van der Waals surface area (Å²) < 4.78 is 12.7. The molecule has 58 valence electrons. The summed E-state index contributed by atoms with van der Waals surface area (Å²) in [5.74, 6) is 0. The summed E-state index contributed by atoms with van der Waals surface area (Å²) in [5, 5.41) is -0.965. The molecule has 1 aliphatic rings. The smallest absolute Gasteiger partial charge is 0.118 e. The first-order chi connectivity index (χ1) is 4.63. The lowest BCUT2D eigenvalue weighted by atomic mass is 9.94. The van der Waals surface area contributed by atoms with E-state index in [0.29, 0.717) is 12.8 Å². The van der Waals surface area contributed by atoms with Crippen LogP contribution in [0.3, 0.4) is 0 Å². The maximum absolute atomic E-state index is 12.7. The average Bonchev–Trinajstić information content (AvgIpc) is 1.93. The molecule has 3 atom stereocenters. The van der Waals surface area contributed by atoms with Crippen molar-refractivity contribution in [2.75, 3.05) is 0 Å². The zero-order chi connectivity index (χ0) is 7.72. The third-order valence-electron chi connectivity index (χ3n) is 1.76. The van der Waals surface area contributed by atoms with Gasteiger partial charge in [-0.1, -0.05) is 12.2 Å². The molecule has 0 spiro atoms. The molecule has 10 heavy (non-hydrogen) atoms. The van der Waals surface area contributed by atoms with Crippen LogP contribution in [0.5, 0.6) is 0 Å². The SMILES string of the molecule is C=C1CCC(F)C(Cl)C1Cl. The normalized spacial score (nSPS) is 41.9. The second-order valence-corrected chi connectivity index (χ2v) is 3.53. The summed E-state index contributed by atoms with van der Waals surface area (Å²) in [5.41, 5.74) is 0.857. The Balaban J connectivity index is 2.60. The van der Waals surface area contributed by atoms with Gasteiger partial charge in [0.25, 0.3) is 0 Å². The van der Waals surface area contributed by atoms with Crippen molar-refractivity contribution in [3.63, 3.8) is 0 Å². The van der Waals surface area contributed by atoms with Crippen LogP contribution in [0.2, 0.25) is 0 Å². The average molecular weight is 183 g/mol. The van der Waals surface area contributed by atoms with E-state index in [1.54, 1.807) is 0 Å². The Morgan fingerprint density at radius 3 is 2.60 bits per heavy atom. The zero-order valence-corrected chi connectivity index (χ0v) is 7.00. The Labute approximate surface area is 70.0 Å². The van der Waals surface area contributed by atoms with Crippen molar-refractivity contribution >= 4 is 23.2 Å². The van der Waals surface area contributed by atoms with Crippen molar-refractivity contribution in [1.82, 2.24) is 0 Å². The van der Waals surface area contributed by atoms with Crippen LogP contribution in [0.15, 0.2) is 12.2 Å². The van der Waals surface area contributed by atoms with Crippen molar-refractivity contribution in [1.29, 1.82) is 0 Å². The highest BCUT2D eigenvalue weighted by Gasteiger charge is 2.32. The molecule has 1 fully saturated rings. The number of hydrogen-bond acceptors (Lipinski definition) is 0. The van der Waals surface area contributed by atoms with E-state index in [2.05, 4.69) is 6.58 Å². The highest BCUT2D eigenvalue weighted by Crippen LogP contribution is 2.32.